The number of nitrogens with zero attached hydrogens (tertiary/aromatic N) is 1. The summed E-state index contributed by atoms with van der Waals surface area (Å²) in [5.74, 6) is 0. The van der Waals surface area contributed by atoms with E-state index < -0.39 is 71.6 Å². The van der Waals surface area contributed by atoms with Crippen LogP contribution in [0.2, 0.25) is 0 Å². The molecule has 2 heterocycles. The quantitative estimate of drug-likeness (QED) is 0.483. The number of hydrogen-bond donors (Lipinski definition) is 1. The highest BCUT2D eigenvalue weighted by Gasteiger charge is 2.66. The van der Waals surface area contributed by atoms with Gasteiger partial charge in [0.15, 0.2) is 15.9 Å². The second-order valence-electron chi connectivity index (χ2n) is 8.04. The molecule has 1 aromatic carbocycles. The Bertz CT molecular complexity index is 1330. The lowest BCUT2D eigenvalue weighted by Crippen LogP contribution is -2.44. The van der Waals surface area contributed by atoms with E-state index >= 15 is 8.78 Å². The number of sulfone groups is 1. The third-order valence-corrected chi connectivity index (χ3v) is 9.93. The van der Waals surface area contributed by atoms with Gasteiger partial charge in [-0.3, -0.25) is 18.9 Å². The first-order valence-electron chi connectivity index (χ1n) is 10.8. The van der Waals surface area contributed by atoms with Gasteiger partial charge in [-0.1, -0.05) is 17.7 Å². The van der Waals surface area contributed by atoms with Crippen molar-refractivity contribution in [2.45, 2.75) is 62.3 Å². The molecule has 0 unspecified atom stereocenters. The Labute approximate surface area is 200 Å². The second kappa shape index (κ2) is 10.1. The average molecular weight is 536 g/mol. The maximum atomic E-state index is 15.8. The summed E-state index contributed by atoms with van der Waals surface area (Å²) in [6.45, 7) is 5.00. The normalized spacial score (nSPS) is 21.4. The van der Waals surface area contributed by atoms with Crippen LogP contribution in [-0.2, 0) is 28.2 Å². The number of hydrogen-bond acceptors (Lipinski definition) is 8. The van der Waals surface area contributed by atoms with Gasteiger partial charge in [0.25, 0.3) is 5.56 Å². The minimum atomic E-state index is -5.19. The molecule has 1 aliphatic rings. The molecule has 0 spiro atoms. The van der Waals surface area contributed by atoms with Crippen LogP contribution in [0.5, 0.6) is 0 Å². The number of nitrogens with one attached hydrogen (secondary N) is 1. The van der Waals surface area contributed by atoms with E-state index in [2.05, 4.69) is 0 Å². The van der Waals surface area contributed by atoms with Gasteiger partial charge >= 0.3 is 18.9 Å². The molecule has 1 aromatic heterocycles. The van der Waals surface area contributed by atoms with Crippen LogP contribution in [0.3, 0.4) is 0 Å². The fourth-order valence-electron chi connectivity index (χ4n) is 3.82. The van der Waals surface area contributed by atoms with Gasteiger partial charge in [-0.05, 0) is 39.8 Å². The number of benzene rings is 1. The number of aromatic nitrogens is 2. The van der Waals surface area contributed by atoms with Crippen LogP contribution < -0.4 is 11.2 Å². The van der Waals surface area contributed by atoms with E-state index in [9.17, 15) is 22.6 Å². The molecule has 1 fully saturated rings. The van der Waals surface area contributed by atoms with Crippen LogP contribution >= 0.6 is 7.60 Å². The van der Waals surface area contributed by atoms with E-state index in [1.807, 2.05) is 4.98 Å². The number of H-pyrrole nitrogens is 1. The molecule has 1 aliphatic heterocycles. The standard InChI is InChI=1S/C21H27F2N2O8PS/c1-5-31-34(28,32-6-2)21(22,23)18-16(35(29,30)15-9-7-13(3)8-10-15)11-17(33-18)25-12-14(4)19(26)24-20(25)27/h7-10,12,16-18H,5-6,11H2,1-4H3,(H,24,26,27)/t16-,17+,18-/m0/s1. The SMILES string of the molecule is CCOP(=O)(OCC)C(F)(F)[C@H]1O[C@@H](n2cc(C)c(=O)[nH]c2=O)C[C@@H]1S(=O)(=O)c1ccc(C)cc1. The first-order chi connectivity index (χ1) is 16.3. The van der Waals surface area contributed by atoms with Crippen molar-refractivity contribution < 1.29 is 35.5 Å². The van der Waals surface area contributed by atoms with Crippen molar-refractivity contribution in [1.29, 1.82) is 0 Å². The van der Waals surface area contributed by atoms with E-state index in [-0.39, 0.29) is 10.5 Å². The molecule has 35 heavy (non-hydrogen) atoms. The predicted molar refractivity (Wildman–Crippen MR) is 123 cm³/mol. The molecule has 0 bridgehead atoms. The summed E-state index contributed by atoms with van der Waals surface area (Å²) in [6.07, 6.45) is -3.48. The lowest BCUT2D eigenvalue weighted by Gasteiger charge is -2.32. The van der Waals surface area contributed by atoms with E-state index in [1.165, 1.54) is 45.0 Å². The fourth-order valence-corrected chi connectivity index (χ4v) is 7.41. The van der Waals surface area contributed by atoms with Crippen molar-refractivity contribution in [3.63, 3.8) is 0 Å². The third-order valence-electron chi connectivity index (χ3n) is 5.59. The van der Waals surface area contributed by atoms with E-state index in [4.69, 9.17) is 13.8 Å². The first kappa shape index (κ1) is 27.4. The Morgan fingerprint density at radius 2 is 1.71 bits per heavy atom. The lowest BCUT2D eigenvalue weighted by atomic mass is 10.2. The van der Waals surface area contributed by atoms with Crippen LogP contribution in [0.15, 0.2) is 44.9 Å². The van der Waals surface area contributed by atoms with Crippen molar-refractivity contribution in [1.82, 2.24) is 9.55 Å². The molecular formula is C21H27F2N2O8PS. The topological polar surface area (TPSA) is 134 Å². The van der Waals surface area contributed by atoms with E-state index in [0.717, 1.165) is 16.3 Å². The summed E-state index contributed by atoms with van der Waals surface area (Å²) in [5, 5.41) is -1.92. The number of ether oxygens (including phenoxy) is 1. The first-order valence-corrected chi connectivity index (χ1v) is 13.9. The summed E-state index contributed by atoms with van der Waals surface area (Å²) in [5.41, 5.74) is -5.22. The molecule has 2 aromatic rings. The third kappa shape index (κ3) is 5.05. The van der Waals surface area contributed by atoms with Gasteiger partial charge in [0.05, 0.1) is 18.1 Å². The van der Waals surface area contributed by atoms with Crippen molar-refractivity contribution in [2.24, 2.45) is 0 Å². The number of aryl methyl sites for hydroxylation is 2. The van der Waals surface area contributed by atoms with Gasteiger partial charge in [0.1, 0.15) is 11.5 Å². The zero-order valence-electron chi connectivity index (χ0n) is 19.6. The number of halogens is 2. The Hall–Kier alpha value is -2.18. The molecule has 0 saturated carbocycles. The van der Waals surface area contributed by atoms with Crippen LogP contribution in [0.25, 0.3) is 0 Å². The van der Waals surface area contributed by atoms with Crippen LogP contribution in [0.4, 0.5) is 8.78 Å². The summed E-state index contributed by atoms with van der Waals surface area (Å²) < 4.78 is 87.6. The van der Waals surface area contributed by atoms with Crippen LogP contribution in [0, 0.1) is 13.8 Å². The van der Waals surface area contributed by atoms with Crippen LogP contribution in [0.1, 0.15) is 37.6 Å². The fraction of sp³-hybridized carbons (Fsp3) is 0.524. The minimum absolute atomic E-state index is 0.0793. The highest BCUT2D eigenvalue weighted by Crippen LogP contribution is 2.66. The highest BCUT2D eigenvalue weighted by atomic mass is 32.2. The molecule has 10 nitrogen and oxygen atoms in total. The largest absolute Gasteiger partial charge is 0.402 e. The Morgan fingerprint density at radius 3 is 2.26 bits per heavy atom. The predicted octanol–water partition coefficient (Wildman–Crippen LogP) is 3.14. The van der Waals surface area contributed by atoms with Gasteiger partial charge in [-0.2, -0.15) is 8.78 Å². The number of rotatable bonds is 9. The Balaban J connectivity index is 2.17. The molecule has 1 N–H and O–H groups in total. The Kier molecular flexibility index (Phi) is 7.88. The molecule has 0 radical (unpaired) electrons. The number of alkyl halides is 2. The van der Waals surface area contributed by atoms with Crippen molar-refractivity contribution in [2.75, 3.05) is 13.2 Å². The molecule has 3 atom stereocenters. The molecule has 1 saturated heterocycles. The van der Waals surface area contributed by atoms with Gasteiger partial charge in [-0.15, -0.1) is 0 Å². The van der Waals surface area contributed by atoms with Crippen LogP contribution in [-0.4, -0.2) is 48.2 Å². The molecule has 3 rings (SSSR count). The molecule has 0 amide bonds. The lowest BCUT2D eigenvalue weighted by molar-refractivity contribution is -0.110. The number of aromatic amines is 1. The second-order valence-corrected chi connectivity index (χ2v) is 12.3. The van der Waals surface area contributed by atoms with Crippen molar-refractivity contribution in [3.05, 3.63) is 62.4 Å². The van der Waals surface area contributed by atoms with Gasteiger partial charge in [0, 0.05) is 18.2 Å². The molecule has 0 aliphatic carbocycles. The zero-order valence-corrected chi connectivity index (χ0v) is 21.3. The summed E-state index contributed by atoms with van der Waals surface area (Å²) >= 11 is 0. The Morgan fingerprint density at radius 1 is 1.14 bits per heavy atom. The maximum Gasteiger partial charge on any atom is 0.402 e. The van der Waals surface area contributed by atoms with E-state index in [0.29, 0.717) is 0 Å². The summed E-state index contributed by atoms with van der Waals surface area (Å²) in [4.78, 5) is 25.9. The van der Waals surface area contributed by atoms with Crippen molar-refractivity contribution >= 4 is 17.4 Å². The molecule has 194 valence electrons. The highest BCUT2D eigenvalue weighted by molar-refractivity contribution is 7.92. The van der Waals surface area contributed by atoms with Gasteiger partial charge in [0.2, 0.25) is 0 Å². The molecule has 14 heteroatoms. The van der Waals surface area contributed by atoms with E-state index in [1.54, 1.807) is 6.92 Å². The summed E-state index contributed by atoms with van der Waals surface area (Å²) in [6, 6.07) is 5.56. The monoisotopic (exact) mass is 536 g/mol. The zero-order chi connectivity index (χ0) is 26.2. The van der Waals surface area contributed by atoms with Gasteiger partial charge < -0.3 is 13.8 Å². The average Bonchev–Trinajstić information content (AvgIpc) is 3.24. The smallest absolute Gasteiger partial charge is 0.346 e. The maximum absolute atomic E-state index is 15.8. The molecular weight excluding hydrogens is 509 g/mol. The van der Waals surface area contributed by atoms with Gasteiger partial charge in [-0.25, -0.2) is 13.2 Å². The van der Waals surface area contributed by atoms with Crippen molar-refractivity contribution in [3.8, 4) is 0 Å². The summed E-state index contributed by atoms with van der Waals surface area (Å²) in [7, 11) is -9.67. The minimum Gasteiger partial charge on any atom is -0.346 e.